The largest absolute Gasteiger partial charge is 0.454 e. The molecule has 0 radical (unpaired) electrons. The van der Waals surface area contributed by atoms with E-state index < -0.39 is 0 Å². The quantitative estimate of drug-likeness (QED) is 0.436. The maximum atomic E-state index is 13.2. The van der Waals surface area contributed by atoms with Crippen molar-refractivity contribution in [3.05, 3.63) is 83.9 Å². The molecule has 3 aromatic carbocycles. The van der Waals surface area contributed by atoms with Crippen LogP contribution in [0.2, 0.25) is 0 Å². The van der Waals surface area contributed by atoms with Crippen LogP contribution in [0.5, 0.6) is 11.5 Å². The number of ether oxygens (including phenoxy) is 2. The maximum absolute atomic E-state index is 13.2. The molecule has 0 bridgehead atoms. The van der Waals surface area contributed by atoms with E-state index >= 15 is 0 Å². The number of hydrogen-bond donors (Lipinski definition) is 0. The second-order valence-electron chi connectivity index (χ2n) is 8.63. The Hall–Kier alpha value is -4.17. The maximum Gasteiger partial charge on any atom is 0.258 e. The molecule has 8 nitrogen and oxygen atoms in total. The summed E-state index contributed by atoms with van der Waals surface area (Å²) in [5.74, 6) is 2.52. The van der Waals surface area contributed by atoms with Gasteiger partial charge >= 0.3 is 0 Å². The molecule has 1 aromatic heterocycles. The van der Waals surface area contributed by atoms with Crippen LogP contribution in [0.15, 0.2) is 77.3 Å². The highest BCUT2D eigenvalue weighted by Gasteiger charge is 2.23. The van der Waals surface area contributed by atoms with Crippen molar-refractivity contribution in [2.45, 2.75) is 6.54 Å². The Kier molecular flexibility index (Phi) is 5.64. The molecule has 4 aromatic rings. The monoisotopic (exact) mass is 468 g/mol. The van der Waals surface area contributed by atoms with Gasteiger partial charge in [-0.05, 0) is 35.9 Å². The van der Waals surface area contributed by atoms with E-state index in [4.69, 9.17) is 14.0 Å². The van der Waals surface area contributed by atoms with Crippen LogP contribution in [0.4, 0.5) is 0 Å². The summed E-state index contributed by atoms with van der Waals surface area (Å²) in [6.07, 6.45) is 0. The van der Waals surface area contributed by atoms with Crippen molar-refractivity contribution >= 4 is 5.91 Å². The summed E-state index contributed by atoms with van der Waals surface area (Å²) in [5, 5.41) is 4.09. The number of hydrogen-bond acceptors (Lipinski definition) is 7. The highest BCUT2D eigenvalue weighted by atomic mass is 16.7. The number of nitrogens with zero attached hydrogens (tertiary/aromatic N) is 4. The average Bonchev–Trinajstić information content (AvgIpc) is 3.59. The molecular formula is C27H24N4O4. The number of rotatable bonds is 5. The smallest absolute Gasteiger partial charge is 0.258 e. The molecule has 2 aliphatic heterocycles. The summed E-state index contributed by atoms with van der Waals surface area (Å²) in [7, 11) is 0. The van der Waals surface area contributed by atoms with Gasteiger partial charge < -0.3 is 18.9 Å². The van der Waals surface area contributed by atoms with Crippen molar-refractivity contribution in [2.75, 3.05) is 33.0 Å². The van der Waals surface area contributed by atoms with Crippen LogP contribution in [-0.4, -0.2) is 58.8 Å². The molecule has 1 fully saturated rings. The van der Waals surface area contributed by atoms with Crippen LogP contribution in [0.3, 0.4) is 0 Å². The SMILES string of the molecule is O=C(c1cccc(-c2nc(-c3ccccc3)no2)c1)N1CCN(Cc2ccc3c(c2)OCO3)CC1. The molecule has 0 saturated carbocycles. The Morgan fingerprint density at radius 2 is 1.63 bits per heavy atom. The minimum Gasteiger partial charge on any atom is -0.454 e. The van der Waals surface area contributed by atoms with Crippen LogP contribution in [0.1, 0.15) is 15.9 Å². The molecule has 0 aliphatic carbocycles. The fourth-order valence-electron chi connectivity index (χ4n) is 4.42. The van der Waals surface area contributed by atoms with Crippen molar-refractivity contribution in [1.82, 2.24) is 19.9 Å². The van der Waals surface area contributed by atoms with Gasteiger partial charge in [0.05, 0.1) is 0 Å². The summed E-state index contributed by atoms with van der Waals surface area (Å²) in [6.45, 7) is 4.06. The van der Waals surface area contributed by atoms with Gasteiger partial charge in [0, 0.05) is 49.4 Å². The molecule has 8 heteroatoms. The van der Waals surface area contributed by atoms with E-state index in [1.165, 1.54) is 5.56 Å². The lowest BCUT2D eigenvalue weighted by Gasteiger charge is -2.34. The number of carbonyl (C=O) groups is 1. The van der Waals surface area contributed by atoms with Crippen LogP contribution in [0, 0.1) is 0 Å². The molecule has 0 unspecified atom stereocenters. The molecule has 0 spiro atoms. The summed E-state index contributed by atoms with van der Waals surface area (Å²) in [6, 6.07) is 23.1. The fraction of sp³-hybridized carbons (Fsp3) is 0.222. The van der Waals surface area contributed by atoms with Crippen LogP contribution in [-0.2, 0) is 6.54 Å². The zero-order valence-corrected chi connectivity index (χ0v) is 19.1. The van der Waals surface area contributed by atoms with Crippen LogP contribution >= 0.6 is 0 Å². The Morgan fingerprint density at radius 1 is 0.829 bits per heavy atom. The van der Waals surface area contributed by atoms with Gasteiger partial charge in [0.1, 0.15) is 0 Å². The van der Waals surface area contributed by atoms with Crippen molar-refractivity contribution in [1.29, 1.82) is 0 Å². The molecule has 1 amide bonds. The van der Waals surface area contributed by atoms with E-state index in [9.17, 15) is 4.79 Å². The van der Waals surface area contributed by atoms with Gasteiger partial charge in [-0.25, -0.2) is 0 Å². The number of fused-ring (bicyclic) bond motifs is 1. The average molecular weight is 469 g/mol. The molecule has 176 valence electrons. The number of carbonyl (C=O) groups excluding carboxylic acids is 1. The standard InChI is InChI=1S/C27H24N4O4/c32-27(31-13-11-30(12-14-31)17-19-9-10-23-24(15-19)34-18-33-23)22-8-4-7-21(16-22)26-28-25(29-35-26)20-5-2-1-3-6-20/h1-10,15-16H,11-14,17-18H2. The van der Waals surface area contributed by atoms with E-state index in [1.54, 1.807) is 0 Å². The lowest BCUT2D eigenvalue weighted by atomic mass is 10.1. The highest BCUT2D eigenvalue weighted by molar-refractivity contribution is 5.95. The van der Waals surface area contributed by atoms with Crippen molar-refractivity contribution in [3.63, 3.8) is 0 Å². The van der Waals surface area contributed by atoms with Gasteiger partial charge in [-0.3, -0.25) is 9.69 Å². The molecular weight excluding hydrogens is 444 g/mol. The van der Waals surface area contributed by atoms with E-state index in [0.29, 0.717) is 30.4 Å². The van der Waals surface area contributed by atoms with Gasteiger partial charge in [0.15, 0.2) is 11.5 Å². The molecule has 3 heterocycles. The lowest BCUT2D eigenvalue weighted by molar-refractivity contribution is 0.0628. The molecule has 35 heavy (non-hydrogen) atoms. The Morgan fingerprint density at radius 3 is 2.49 bits per heavy atom. The van der Waals surface area contributed by atoms with Crippen molar-refractivity contribution < 1.29 is 18.8 Å². The van der Waals surface area contributed by atoms with Crippen molar-refractivity contribution in [2.24, 2.45) is 0 Å². The zero-order chi connectivity index (χ0) is 23.6. The second kappa shape index (κ2) is 9.23. The Balaban J connectivity index is 1.10. The van der Waals surface area contributed by atoms with Gasteiger partial charge in [-0.1, -0.05) is 47.6 Å². The van der Waals surface area contributed by atoms with Gasteiger partial charge in [0.2, 0.25) is 12.6 Å². The highest BCUT2D eigenvalue weighted by Crippen LogP contribution is 2.33. The predicted octanol–water partition coefficient (Wildman–Crippen LogP) is 4.09. The van der Waals surface area contributed by atoms with E-state index in [0.717, 1.165) is 42.3 Å². The third-order valence-corrected chi connectivity index (χ3v) is 6.32. The second-order valence-corrected chi connectivity index (χ2v) is 8.63. The summed E-state index contributed by atoms with van der Waals surface area (Å²) < 4.78 is 16.3. The Labute approximate surface area is 202 Å². The van der Waals surface area contributed by atoms with E-state index in [-0.39, 0.29) is 12.7 Å². The van der Waals surface area contributed by atoms with Gasteiger partial charge in [0.25, 0.3) is 11.8 Å². The molecule has 1 saturated heterocycles. The summed E-state index contributed by atoms with van der Waals surface area (Å²) in [4.78, 5) is 22.0. The minimum atomic E-state index is 0.0115. The zero-order valence-electron chi connectivity index (χ0n) is 19.1. The van der Waals surface area contributed by atoms with Crippen LogP contribution in [0.25, 0.3) is 22.8 Å². The Bertz CT molecular complexity index is 1350. The number of aromatic nitrogens is 2. The first kappa shape index (κ1) is 21.4. The molecule has 0 atom stereocenters. The van der Waals surface area contributed by atoms with Crippen LogP contribution < -0.4 is 9.47 Å². The first-order valence-corrected chi connectivity index (χ1v) is 11.6. The topological polar surface area (TPSA) is 80.9 Å². The van der Waals surface area contributed by atoms with E-state index in [1.807, 2.05) is 71.6 Å². The first-order valence-electron chi connectivity index (χ1n) is 11.6. The third kappa shape index (κ3) is 4.48. The molecule has 2 aliphatic rings. The van der Waals surface area contributed by atoms with Crippen molar-refractivity contribution in [3.8, 4) is 34.3 Å². The number of benzene rings is 3. The molecule has 6 rings (SSSR count). The first-order chi connectivity index (χ1) is 17.2. The van der Waals surface area contributed by atoms with E-state index in [2.05, 4.69) is 21.1 Å². The normalized spacial score (nSPS) is 15.4. The predicted molar refractivity (Wildman–Crippen MR) is 129 cm³/mol. The fourth-order valence-corrected chi connectivity index (χ4v) is 4.42. The number of piperazine rings is 1. The third-order valence-electron chi connectivity index (χ3n) is 6.32. The summed E-state index contributed by atoms with van der Waals surface area (Å²) in [5.41, 5.74) is 3.41. The van der Waals surface area contributed by atoms with Gasteiger partial charge in [-0.2, -0.15) is 4.98 Å². The summed E-state index contributed by atoms with van der Waals surface area (Å²) >= 11 is 0. The molecule has 0 N–H and O–H groups in total. The number of amides is 1. The van der Waals surface area contributed by atoms with Gasteiger partial charge in [-0.15, -0.1) is 0 Å². The lowest BCUT2D eigenvalue weighted by Crippen LogP contribution is -2.48. The minimum absolute atomic E-state index is 0.0115.